The monoisotopic (exact) mass is 210 g/mol. The molecule has 2 fully saturated rings. The van der Waals surface area contributed by atoms with Gasteiger partial charge >= 0.3 is 0 Å². The molecule has 2 rings (SSSR count). The van der Waals surface area contributed by atoms with Crippen molar-refractivity contribution >= 4 is 5.78 Å². The second-order valence-corrected chi connectivity index (χ2v) is 5.97. The average molecular weight is 210 g/mol. The van der Waals surface area contributed by atoms with Crippen molar-refractivity contribution in [3.8, 4) is 0 Å². The molecule has 5 unspecified atom stereocenters. The summed E-state index contributed by atoms with van der Waals surface area (Å²) in [4.78, 5) is 11.6. The largest absolute Gasteiger partial charge is 0.381 e. The number of fused-ring (bicyclic) bond motifs is 1. The van der Waals surface area contributed by atoms with Gasteiger partial charge in [0.1, 0.15) is 5.78 Å². The topological polar surface area (TPSA) is 26.3 Å². The average Bonchev–Trinajstić information content (AvgIpc) is 2.68. The van der Waals surface area contributed by atoms with Gasteiger partial charge in [0.15, 0.2) is 0 Å². The van der Waals surface area contributed by atoms with E-state index >= 15 is 0 Å². The summed E-state index contributed by atoms with van der Waals surface area (Å²) < 4.78 is 5.62. The van der Waals surface area contributed by atoms with E-state index in [1.807, 2.05) is 0 Å². The van der Waals surface area contributed by atoms with Crippen LogP contribution in [0, 0.1) is 29.1 Å². The fourth-order valence-electron chi connectivity index (χ4n) is 3.83. The molecule has 0 aliphatic heterocycles. The molecule has 0 aromatic carbocycles. The second kappa shape index (κ2) is 3.31. The molecule has 0 aromatic rings. The fourth-order valence-corrected chi connectivity index (χ4v) is 3.83. The number of rotatable bonds is 2. The Kier molecular flexibility index (Phi) is 2.45. The quantitative estimate of drug-likeness (QED) is 0.700. The minimum Gasteiger partial charge on any atom is -0.381 e. The highest BCUT2D eigenvalue weighted by Gasteiger charge is 2.65. The molecular formula is C13H22O2. The number of hydrogen-bond donors (Lipinski definition) is 0. The van der Waals surface area contributed by atoms with Crippen LogP contribution >= 0.6 is 0 Å². The van der Waals surface area contributed by atoms with Crippen LogP contribution in [-0.4, -0.2) is 19.0 Å². The van der Waals surface area contributed by atoms with Crippen molar-refractivity contribution in [2.75, 3.05) is 7.11 Å². The van der Waals surface area contributed by atoms with E-state index in [1.54, 1.807) is 14.0 Å². The first-order chi connectivity index (χ1) is 6.91. The third-order valence-corrected chi connectivity index (χ3v) is 4.95. The first-order valence-corrected chi connectivity index (χ1v) is 5.94. The predicted octanol–water partition coefficient (Wildman–Crippen LogP) is 2.52. The summed E-state index contributed by atoms with van der Waals surface area (Å²) in [6, 6.07) is 0. The lowest BCUT2D eigenvalue weighted by Crippen LogP contribution is -2.37. The molecule has 0 radical (unpaired) electrons. The van der Waals surface area contributed by atoms with Crippen LogP contribution in [0.4, 0.5) is 0 Å². The summed E-state index contributed by atoms with van der Waals surface area (Å²) in [6.45, 7) is 8.52. The first-order valence-electron chi connectivity index (χ1n) is 5.94. The molecule has 2 nitrogen and oxygen atoms in total. The number of ether oxygens (including phenoxy) is 1. The van der Waals surface area contributed by atoms with Crippen molar-refractivity contribution in [3.05, 3.63) is 0 Å². The van der Waals surface area contributed by atoms with Crippen LogP contribution in [-0.2, 0) is 9.53 Å². The number of ketones is 1. The van der Waals surface area contributed by atoms with Gasteiger partial charge in [0.05, 0.1) is 6.10 Å². The highest BCUT2D eigenvalue weighted by atomic mass is 16.5. The van der Waals surface area contributed by atoms with Crippen LogP contribution in [0.3, 0.4) is 0 Å². The Labute approximate surface area is 92.4 Å². The molecule has 2 aliphatic carbocycles. The summed E-state index contributed by atoms with van der Waals surface area (Å²) in [6.07, 6.45) is 1.36. The normalized spacial score (nSPS) is 47.1. The molecule has 0 aromatic heterocycles. The molecule has 2 heteroatoms. The van der Waals surface area contributed by atoms with E-state index in [9.17, 15) is 4.79 Å². The Bertz CT molecular complexity index is 282. The molecule has 2 saturated carbocycles. The van der Waals surface area contributed by atoms with E-state index in [2.05, 4.69) is 20.8 Å². The molecule has 0 amide bonds. The lowest BCUT2D eigenvalue weighted by atomic mass is 9.76. The summed E-state index contributed by atoms with van der Waals surface area (Å²) in [5.74, 6) is 2.32. The van der Waals surface area contributed by atoms with Gasteiger partial charge in [0.2, 0.25) is 0 Å². The van der Waals surface area contributed by atoms with Crippen LogP contribution in [0.2, 0.25) is 0 Å². The maximum absolute atomic E-state index is 11.6. The second-order valence-electron chi connectivity index (χ2n) is 5.97. The fraction of sp³-hybridized carbons (Fsp3) is 0.923. The zero-order chi connectivity index (χ0) is 11.4. The van der Waals surface area contributed by atoms with Crippen LogP contribution in [0.1, 0.15) is 34.1 Å². The highest BCUT2D eigenvalue weighted by Crippen LogP contribution is 2.67. The summed E-state index contributed by atoms with van der Waals surface area (Å²) in [7, 11) is 1.79. The van der Waals surface area contributed by atoms with E-state index in [0.717, 1.165) is 6.42 Å². The Hall–Kier alpha value is -0.370. The third-order valence-electron chi connectivity index (χ3n) is 4.95. The maximum Gasteiger partial charge on any atom is 0.133 e. The number of carbonyl (C=O) groups is 1. The molecule has 0 heterocycles. The van der Waals surface area contributed by atoms with Crippen molar-refractivity contribution < 1.29 is 9.53 Å². The van der Waals surface area contributed by atoms with Crippen LogP contribution in [0.25, 0.3) is 0 Å². The zero-order valence-corrected chi connectivity index (χ0v) is 10.4. The van der Waals surface area contributed by atoms with Gasteiger partial charge in [-0.3, -0.25) is 4.79 Å². The Morgan fingerprint density at radius 1 is 1.40 bits per heavy atom. The van der Waals surface area contributed by atoms with Gasteiger partial charge in [-0.15, -0.1) is 0 Å². The van der Waals surface area contributed by atoms with Gasteiger partial charge in [-0.05, 0) is 36.5 Å². The van der Waals surface area contributed by atoms with E-state index in [0.29, 0.717) is 29.0 Å². The molecule has 2 aliphatic rings. The van der Waals surface area contributed by atoms with Gasteiger partial charge < -0.3 is 4.74 Å². The Morgan fingerprint density at radius 2 is 2.00 bits per heavy atom. The maximum atomic E-state index is 11.6. The summed E-state index contributed by atoms with van der Waals surface area (Å²) in [5, 5.41) is 0. The van der Waals surface area contributed by atoms with Gasteiger partial charge in [-0.25, -0.2) is 0 Å². The van der Waals surface area contributed by atoms with Crippen molar-refractivity contribution in [3.63, 3.8) is 0 Å². The van der Waals surface area contributed by atoms with E-state index < -0.39 is 0 Å². The Morgan fingerprint density at radius 3 is 2.47 bits per heavy atom. The summed E-state index contributed by atoms with van der Waals surface area (Å²) in [5.41, 5.74) is 0.388. The number of Topliss-reactive ketones (excluding diaryl/α,β-unsaturated/α-hetero) is 1. The molecule has 0 bridgehead atoms. The lowest BCUT2D eigenvalue weighted by Gasteiger charge is -2.33. The highest BCUT2D eigenvalue weighted by molar-refractivity contribution is 5.79. The van der Waals surface area contributed by atoms with Gasteiger partial charge in [0, 0.05) is 13.0 Å². The van der Waals surface area contributed by atoms with Crippen molar-refractivity contribution in [1.82, 2.24) is 0 Å². The number of methoxy groups -OCH3 is 1. The van der Waals surface area contributed by atoms with Gasteiger partial charge in [0.25, 0.3) is 0 Å². The van der Waals surface area contributed by atoms with E-state index in [4.69, 9.17) is 4.74 Å². The zero-order valence-electron chi connectivity index (χ0n) is 10.4. The molecule has 0 saturated heterocycles. The molecular weight excluding hydrogens is 188 g/mol. The minimum atomic E-state index is 0.220. The van der Waals surface area contributed by atoms with Crippen molar-refractivity contribution in [2.24, 2.45) is 29.1 Å². The molecule has 15 heavy (non-hydrogen) atoms. The lowest BCUT2D eigenvalue weighted by molar-refractivity contribution is -0.126. The molecule has 86 valence electrons. The van der Waals surface area contributed by atoms with Crippen molar-refractivity contribution in [1.29, 1.82) is 0 Å². The van der Waals surface area contributed by atoms with Crippen molar-refractivity contribution in [2.45, 2.75) is 40.2 Å². The number of carbonyl (C=O) groups excluding carboxylic acids is 1. The SMILES string of the molecule is COC1C(C)C(C(C)=O)CC2C1C2(C)C. The Balaban J connectivity index is 2.21. The smallest absolute Gasteiger partial charge is 0.133 e. The number of hydrogen-bond acceptors (Lipinski definition) is 2. The van der Waals surface area contributed by atoms with E-state index in [-0.39, 0.29) is 12.0 Å². The van der Waals surface area contributed by atoms with Gasteiger partial charge in [-0.1, -0.05) is 20.8 Å². The van der Waals surface area contributed by atoms with Crippen LogP contribution < -0.4 is 0 Å². The standard InChI is InChI=1S/C13H22O2/c1-7-9(8(2)14)6-10-11(12(7)15-5)13(10,3)4/h7,9-12H,6H2,1-5H3. The van der Waals surface area contributed by atoms with E-state index in [1.165, 1.54) is 0 Å². The molecule has 5 atom stereocenters. The third kappa shape index (κ3) is 1.45. The first kappa shape index (κ1) is 11.1. The molecule has 0 N–H and O–H groups in total. The van der Waals surface area contributed by atoms with Crippen LogP contribution in [0.5, 0.6) is 0 Å². The summed E-state index contributed by atoms with van der Waals surface area (Å²) >= 11 is 0. The predicted molar refractivity (Wildman–Crippen MR) is 59.5 cm³/mol. The van der Waals surface area contributed by atoms with Crippen LogP contribution in [0.15, 0.2) is 0 Å². The minimum absolute atomic E-state index is 0.220. The molecule has 0 spiro atoms. The van der Waals surface area contributed by atoms with Gasteiger partial charge in [-0.2, -0.15) is 0 Å².